The molecular weight excluding hydrogens is 445 g/mol. The number of aryl methyl sites for hydroxylation is 2. The van der Waals surface area contributed by atoms with Gasteiger partial charge >= 0.3 is 0 Å². The van der Waals surface area contributed by atoms with E-state index in [1.54, 1.807) is 13.0 Å². The Morgan fingerprint density at radius 2 is 1.23 bits per heavy atom. The molecule has 0 N–H and O–H groups in total. The van der Waals surface area contributed by atoms with Gasteiger partial charge in [-0.2, -0.15) is 0 Å². The van der Waals surface area contributed by atoms with Gasteiger partial charge in [0.2, 0.25) is 0 Å². The normalized spacial score (nSPS) is 32.1. The molecule has 0 heterocycles. The van der Waals surface area contributed by atoms with Gasteiger partial charge in [-0.1, -0.05) is 58.3 Å². The zero-order chi connectivity index (χ0) is 24.9. The first-order valence-corrected chi connectivity index (χ1v) is 14.5. The van der Waals surface area contributed by atoms with Gasteiger partial charge in [0, 0.05) is 0 Å². The predicted molar refractivity (Wildman–Crippen MR) is 138 cm³/mol. The molecule has 0 bridgehead atoms. The summed E-state index contributed by atoms with van der Waals surface area (Å²) in [6.45, 7) is 6.09. The van der Waals surface area contributed by atoms with Crippen LogP contribution in [0.2, 0.25) is 0 Å². The van der Waals surface area contributed by atoms with E-state index in [1.165, 1.54) is 84.0 Å². The van der Waals surface area contributed by atoms with Crippen LogP contribution in [0.4, 0.5) is 13.2 Å². The third-order valence-corrected chi connectivity index (χ3v) is 9.87. The van der Waals surface area contributed by atoms with Gasteiger partial charge in [0.05, 0.1) is 12.2 Å². The number of halogens is 3. The standard InChI is InChI=1S/C31H47F3O/c1-20-4-6-23(7-5-20)8-9-24-10-14-26(15-11-24)27-16-12-25(13-17-27)19-35-30-22(3)18-21(2)29(32)28(30)31(33)34/h18,20,23-27,31H,4-17,19H2,1-3H3. The van der Waals surface area contributed by atoms with Crippen LogP contribution in [0.1, 0.15) is 120 Å². The molecule has 3 fully saturated rings. The van der Waals surface area contributed by atoms with Gasteiger partial charge in [0.25, 0.3) is 6.43 Å². The van der Waals surface area contributed by atoms with Crippen molar-refractivity contribution in [2.45, 2.75) is 117 Å². The Balaban J connectivity index is 1.17. The highest BCUT2D eigenvalue weighted by atomic mass is 19.3. The summed E-state index contributed by atoms with van der Waals surface area (Å²) >= 11 is 0. The maximum Gasteiger partial charge on any atom is 0.270 e. The Morgan fingerprint density at radius 1 is 0.743 bits per heavy atom. The fourth-order valence-electron chi connectivity index (χ4n) is 7.43. The Bertz CT molecular complexity index is 798. The maximum atomic E-state index is 14.3. The molecule has 0 aliphatic heterocycles. The maximum absolute atomic E-state index is 14.3. The molecule has 1 aromatic rings. The first-order chi connectivity index (χ1) is 16.8. The number of benzene rings is 1. The summed E-state index contributed by atoms with van der Waals surface area (Å²) in [5.74, 6) is 4.23. The number of hydrogen-bond donors (Lipinski definition) is 0. The molecule has 1 aromatic carbocycles. The van der Waals surface area contributed by atoms with Crippen LogP contribution in [0.5, 0.6) is 5.75 Å². The number of ether oxygens (including phenoxy) is 1. The largest absolute Gasteiger partial charge is 0.492 e. The molecule has 0 radical (unpaired) electrons. The van der Waals surface area contributed by atoms with Crippen molar-refractivity contribution in [1.82, 2.24) is 0 Å². The van der Waals surface area contributed by atoms with E-state index < -0.39 is 17.8 Å². The van der Waals surface area contributed by atoms with Gasteiger partial charge in [0.1, 0.15) is 11.6 Å². The molecule has 4 rings (SSSR count). The van der Waals surface area contributed by atoms with Crippen LogP contribution in [0.25, 0.3) is 0 Å². The topological polar surface area (TPSA) is 9.23 Å². The van der Waals surface area contributed by atoms with Crippen molar-refractivity contribution >= 4 is 0 Å². The predicted octanol–water partition coefficient (Wildman–Crippen LogP) is 9.98. The molecule has 0 atom stereocenters. The second kappa shape index (κ2) is 12.4. The molecule has 3 aliphatic rings. The average molecular weight is 493 g/mol. The smallest absolute Gasteiger partial charge is 0.270 e. The number of alkyl halides is 2. The summed E-state index contributed by atoms with van der Waals surface area (Å²) in [5.41, 5.74) is 0.290. The molecule has 3 aliphatic carbocycles. The quantitative estimate of drug-likeness (QED) is 0.351. The van der Waals surface area contributed by atoms with Crippen molar-refractivity contribution in [2.24, 2.45) is 35.5 Å². The molecule has 0 amide bonds. The Morgan fingerprint density at radius 3 is 1.74 bits per heavy atom. The van der Waals surface area contributed by atoms with Gasteiger partial charge in [-0.05, 0) is 105 Å². The first-order valence-electron chi connectivity index (χ1n) is 14.5. The minimum absolute atomic E-state index is 0.0614. The Hall–Kier alpha value is -1.19. The third kappa shape index (κ3) is 6.98. The molecule has 3 saturated carbocycles. The molecule has 0 saturated heterocycles. The highest BCUT2D eigenvalue weighted by Crippen LogP contribution is 2.44. The lowest BCUT2D eigenvalue weighted by Crippen LogP contribution is -2.28. The van der Waals surface area contributed by atoms with Gasteiger partial charge in [-0.3, -0.25) is 0 Å². The van der Waals surface area contributed by atoms with Crippen LogP contribution in [-0.4, -0.2) is 6.61 Å². The Labute approximate surface area is 211 Å². The second-order valence-corrected chi connectivity index (χ2v) is 12.4. The van der Waals surface area contributed by atoms with Crippen molar-refractivity contribution < 1.29 is 17.9 Å². The van der Waals surface area contributed by atoms with Crippen molar-refractivity contribution in [1.29, 1.82) is 0 Å². The third-order valence-electron chi connectivity index (χ3n) is 9.87. The van der Waals surface area contributed by atoms with Crippen LogP contribution in [-0.2, 0) is 0 Å². The fraction of sp³-hybridized carbons (Fsp3) is 0.806. The van der Waals surface area contributed by atoms with E-state index in [4.69, 9.17) is 4.74 Å². The van der Waals surface area contributed by atoms with E-state index in [-0.39, 0.29) is 11.3 Å². The zero-order valence-electron chi connectivity index (χ0n) is 22.3. The summed E-state index contributed by atoms with van der Waals surface area (Å²) in [6, 6.07) is 1.61. The van der Waals surface area contributed by atoms with Crippen molar-refractivity contribution in [3.05, 3.63) is 28.6 Å². The average Bonchev–Trinajstić information content (AvgIpc) is 2.85. The molecule has 4 heteroatoms. The summed E-state index contributed by atoms with van der Waals surface area (Å²) in [5, 5.41) is 0. The lowest BCUT2D eigenvalue weighted by atomic mass is 9.68. The zero-order valence-corrected chi connectivity index (χ0v) is 22.3. The molecular formula is C31H47F3O. The minimum Gasteiger partial charge on any atom is -0.492 e. The lowest BCUT2D eigenvalue weighted by Gasteiger charge is -2.38. The van der Waals surface area contributed by atoms with Gasteiger partial charge in [-0.25, -0.2) is 13.2 Å². The van der Waals surface area contributed by atoms with E-state index in [2.05, 4.69) is 6.92 Å². The van der Waals surface area contributed by atoms with Crippen LogP contribution in [0, 0.1) is 55.2 Å². The molecule has 35 heavy (non-hydrogen) atoms. The fourth-order valence-corrected chi connectivity index (χ4v) is 7.43. The van der Waals surface area contributed by atoms with Gasteiger partial charge in [-0.15, -0.1) is 0 Å². The number of hydrogen-bond acceptors (Lipinski definition) is 1. The van der Waals surface area contributed by atoms with Crippen molar-refractivity contribution in [2.75, 3.05) is 6.61 Å². The van der Waals surface area contributed by atoms with E-state index in [1.807, 2.05) is 0 Å². The monoisotopic (exact) mass is 492 g/mol. The van der Waals surface area contributed by atoms with Crippen LogP contribution in [0.15, 0.2) is 6.07 Å². The molecule has 1 nitrogen and oxygen atoms in total. The SMILES string of the molecule is Cc1cc(C)c(OCC2CCC(C3CCC(CCC4CCC(C)CC4)CC3)CC2)c(C(F)F)c1F. The summed E-state index contributed by atoms with van der Waals surface area (Å²) < 4.78 is 47.3. The van der Waals surface area contributed by atoms with Gasteiger partial charge in [0.15, 0.2) is 0 Å². The first kappa shape index (κ1) is 26.9. The van der Waals surface area contributed by atoms with Crippen molar-refractivity contribution in [3.63, 3.8) is 0 Å². The number of rotatable bonds is 8. The highest BCUT2D eigenvalue weighted by molar-refractivity contribution is 5.45. The van der Waals surface area contributed by atoms with E-state index in [0.717, 1.165) is 42.4 Å². The van der Waals surface area contributed by atoms with Crippen LogP contribution < -0.4 is 4.74 Å². The molecule has 0 spiro atoms. The van der Waals surface area contributed by atoms with Gasteiger partial charge < -0.3 is 4.74 Å². The Kier molecular flexibility index (Phi) is 9.49. The summed E-state index contributed by atoms with van der Waals surface area (Å²) in [4.78, 5) is 0. The molecule has 0 aromatic heterocycles. The second-order valence-electron chi connectivity index (χ2n) is 12.4. The van der Waals surface area contributed by atoms with E-state index in [9.17, 15) is 13.2 Å². The lowest BCUT2D eigenvalue weighted by molar-refractivity contribution is 0.113. The van der Waals surface area contributed by atoms with Crippen LogP contribution >= 0.6 is 0 Å². The summed E-state index contributed by atoms with van der Waals surface area (Å²) in [6.07, 6.45) is 16.2. The van der Waals surface area contributed by atoms with Crippen molar-refractivity contribution in [3.8, 4) is 5.75 Å². The molecule has 198 valence electrons. The highest BCUT2D eigenvalue weighted by Gasteiger charge is 2.32. The molecule has 0 unspecified atom stereocenters. The minimum atomic E-state index is -2.86. The van der Waals surface area contributed by atoms with E-state index >= 15 is 0 Å². The summed E-state index contributed by atoms with van der Waals surface area (Å²) in [7, 11) is 0. The van der Waals surface area contributed by atoms with E-state index in [0.29, 0.717) is 18.1 Å². The van der Waals surface area contributed by atoms with Crippen LogP contribution in [0.3, 0.4) is 0 Å².